The molecular formula is C12H18NO4P. The van der Waals surface area contributed by atoms with E-state index in [9.17, 15) is 9.36 Å². The summed E-state index contributed by atoms with van der Waals surface area (Å²) in [4.78, 5) is 11.1. The van der Waals surface area contributed by atoms with Crippen LogP contribution < -0.4 is 10.6 Å². The molecule has 1 aromatic rings. The highest BCUT2D eigenvalue weighted by atomic mass is 31.2. The van der Waals surface area contributed by atoms with Gasteiger partial charge in [-0.3, -0.25) is 9.36 Å². The molecule has 1 aromatic carbocycles. The van der Waals surface area contributed by atoms with Crippen LogP contribution in [0.2, 0.25) is 0 Å². The number of hydrogen-bond donors (Lipinski definition) is 1. The topological polar surface area (TPSA) is 64.6 Å². The van der Waals surface area contributed by atoms with Crippen LogP contribution in [0, 0.1) is 0 Å². The lowest BCUT2D eigenvalue weighted by atomic mass is 10.3. The quantitative estimate of drug-likeness (QED) is 0.807. The summed E-state index contributed by atoms with van der Waals surface area (Å²) in [6, 6.07) is 6.78. The van der Waals surface area contributed by atoms with E-state index in [2.05, 4.69) is 5.32 Å². The van der Waals surface area contributed by atoms with Crippen LogP contribution in [0.5, 0.6) is 0 Å². The van der Waals surface area contributed by atoms with Gasteiger partial charge in [-0.25, -0.2) is 0 Å². The van der Waals surface area contributed by atoms with Crippen molar-refractivity contribution in [2.75, 3.05) is 18.5 Å². The molecule has 0 unspecified atom stereocenters. The zero-order valence-electron chi connectivity index (χ0n) is 10.8. The number of rotatable bonds is 6. The van der Waals surface area contributed by atoms with Crippen LogP contribution in [-0.4, -0.2) is 19.1 Å². The fourth-order valence-electron chi connectivity index (χ4n) is 1.52. The monoisotopic (exact) mass is 271 g/mol. The van der Waals surface area contributed by atoms with Gasteiger partial charge in [0.15, 0.2) is 0 Å². The van der Waals surface area contributed by atoms with Gasteiger partial charge in [-0.05, 0) is 26.0 Å². The summed E-state index contributed by atoms with van der Waals surface area (Å²) in [5.74, 6) is -0.234. The fraction of sp³-hybridized carbons (Fsp3) is 0.417. The maximum absolute atomic E-state index is 12.6. The third-order valence-corrected chi connectivity index (χ3v) is 4.28. The Balaban J connectivity index is 3.19. The molecule has 0 aromatic heterocycles. The van der Waals surface area contributed by atoms with Gasteiger partial charge in [-0.2, -0.15) is 0 Å². The minimum Gasteiger partial charge on any atom is -0.325 e. The van der Waals surface area contributed by atoms with E-state index < -0.39 is 7.60 Å². The van der Waals surface area contributed by atoms with Gasteiger partial charge in [-0.1, -0.05) is 12.1 Å². The van der Waals surface area contributed by atoms with Crippen molar-refractivity contribution in [2.24, 2.45) is 0 Å². The standard InChI is InChI=1S/C12H18NO4P/c1-4-16-18(15,17-5-2)12-9-7-6-8-11(12)13-10(3)14/h6-9H,4-5H2,1-3H3,(H,13,14). The Morgan fingerprint density at radius 3 is 2.28 bits per heavy atom. The third-order valence-electron chi connectivity index (χ3n) is 2.11. The number of amides is 1. The molecule has 1 N–H and O–H groups in total. The Morgan fingerprint density at radius 2 is 1.78 bits per heavy atom. The minimum absolute atomic E-state index is 0.234. The zero-order chi connectivity index (χ0) is 13.6. The molecule has 100 valence electrons. The highest BCUT2D eigenvalue weighted by molar-refractivity contribution is 7.62. The summed E-state index contributed by atoms with van der Waals surface area (Å²) in [5, 5.41) is 3.00. The van der Waals surface area contributed by atoms with E-state index in [4.69, 9.17) is 9.05 Å². The van der Waals surface area contributed by atoms with Crippen LogP contribution in [0.15, 0.2) is 24.3 Å². The van der Waals surface area contributed by atoms with E-state index >= 15 is 0 Å². The average Bonchev–Trinajstić information content (AvgIpc) is 2.29. The molecule has 18 heavy (non-hydrogen) atoms. The normalized spacial score (nSPS) is 11.3. The number of nitrogens with one attached hydrogen (secondary N) is 1. The molecule has 0 aliphatic heterocycles. The Labute approximate surface area is 107 Å². The molecule has 6 heteroatoms. The largest absolute Gasteiger partial charge is 0.363 e. The lowest BCUT2D eigenvalue weighted by Gasteiger charge is -2.19. The molecule has 0 saturated heterocycles. The predicted octanol–water partition coefficient (Wildman–Crippen LogP) is 2.54. The van der Waals surface area contributed by atoms with E-state index in [1.54, 1.807) is 38.1 Å². The Morgan fingerprint density at radius 1 is 1.22 bits per heavy atom. The van der Waals surface area contributed by atoms with Gasteiger partial charge in [0.25, 0.3) is 0 Å². The molecule has 1 amide bonds. The zero-order valence-corrected chi connectivity index (χ0v) is 11.7. The molecule has 1 rings (SSSR count). The number of para-hydroxylation sites is 1. The maximum atomic E-state index is 12.6. The molecule has 0 spiro atoms. The summed E-state index contributed by atoms with van der Waals surface area (Å²) >= 11 is 0. The van der Waals surface area contributed by atoms with Crippen LogP contribution in [-0.2, 0) is 18.4 Å². The van der Waals surface area contributed by atoms with Gasteiger partial charge in [0.2, 0.25) is 5.91 Å². The first-order valence-electron chi connectivity index (χ1n) is 5.79. The van der Waals surface area contributed by atoms with Crippen molar-refractivity contribution in [2.45, 2.75) is 20.8 Å². The number of hydrogen-bond acceptors (Lipinski definition) is 4. The SMILES string of the molecule is CCOP(=O)(OCC)c1ccccc1NC(C)=O. The highest BCUT2D eigenvalue weighted by Crippen LogP contribution is 2.48. The lowest BCUT2D eigenvalue weighted by Crippen LogP contribution is -2.18. The van der Waals surface area contributed by atoms with Crippen LogP contribution in [0.25, 0.3) is 0 Å². The van der Waals surface area contributed by atoms with Crippen molar-refractivity contribution < 1.29 is 18.4 Å². The molecule has 0 fully saturated rings. The second-order valence-electron chi connectivity index (χ2n) is 3.53. The van der Waals surface area contributed by atoms with Crippen LogP contribution >= 0.6 is 7.60 Å². The van der Waals surface area contributed by atoms with Gasteiger partial charge in [0, 0.05) is 6.92 Å². The summed E-state index contributed by atoms with van der Waals surface area (Å²) in [6.07, 6.45) is 0. The first kappa shape index (κ1) is 14.9. The van der Waals surface area contributed by atoms with Crippen molar-refractivity contribution in [3.63, 3.8) is 0 Å². The molecule has 0 radical (unpaired) electrons. The third kappa shape index (κ3) is 3.67. The van der Waals surface area contributed by atoms with Crippen molar-refractivity contribution in [1.29, 1.82) is 0 Å². The Hall–Kier alpha value is -1.16. The van der Waals surface area contributed by atoms with Gasteiger partial charge >= 0.3 is 7.60 Å². The van der Waals surface area contributed by atoms with E-state index in [1.165, 1.54) is 6.92 Å². The van der Waals surface area contributed by atoms with Crippen molar-refractivity contribution >= 4 is 24.5 Å². The van der Waals surface area contributed by atoms with E-state index in [-0.39, 0.29) is 19.1 Å². The minimum atomic E-state index is -3.38. The molecule has 0 heterocycles. The number of benzene rings is 1. The summed E-state index contributed by atoms with van der Waals surface area (Å²) in [6.45, 7) is 5.42. The Kier molecular flexibility index (Phi) is 5.54. The number of anilines is 1. The van der Waals surface area contributed by atoms with Gasteiger partial charge in [0.05, 0.1) is 24.2 Å². The highest BCUT2D eigenvalue weighted by Gasteiger charge is 2.29. The van der Waals surface area contributed by atoms with Crippen molar-refractivity contribution in [3.05, 3.63) is 24.3 Å². The molecule has 0 saturated carbocycles. The van der Waals surface area contributed by atoms with Crippen molar-refractivity contribution in [1.82, 2.24) is 0 Å². The molecule has 0 atom stereocenters. The van der Waals surface area contributed by atoms with Crippen LogP contribution in [0.1, 0.15) is 20.8 Å². The van der Waals surface area contributed by atoms with Crippen LogP contribution in [0.4, 0.5) is 5.69 Å². The first-order valence-corrected chi connectivity index (χ1v) is 7.34. The maximum Gasteiger partial charge on any atom is 0.363 e. The molecule has 0 aliphatic rings. The average molecular weight is 271 g/mol. The summed E-state index contributed by atoms with van der Waals surface area (Å²) in [7, 11) is -3.38. The molecule has 0 aliphatic carbocycles. The van der Waals surface area contributed by atoms with Gasteiger partial charge in [-0.15, -0.1) is 0 Å². The van der Waals surface area contributed by atoms with E-state index in [1.807, 2.05) is 0 Å². The summed E-state index contributed by atoms with van der Waals surface area (Å²) < 4.78 is 23.1. The summed E-state index contributed by atoms with van der Waals surface area (Å²) in [5.41, 5.74) is 0.454. The van der Waals surface area contributed by atoms with E-state index in [0.29, 0.717) is 11.0 Å². The number of carbonyl (C=O) groups is 1. The number of carbonyl (C=O) groups excluding carboxylic acids is 1. The second kappa shape index (κ2) is 6.69. The smallest absolute Gasteiger partial charge is 0.325 e. The first-order chi connectivity index (χ1) is 8.53. The van der Waals surface area contributed by atoms with Gasteiger partial charge < -0.3 is 14.4 Å². The van der Waals surface area contributed by atoms with Gasteiger partial charge in [0.1, 0.15) is 0 Å². The predicted molar refractivity (Wildman–Crippen MR) is 71.2 cm³/mol. The molecule has 5 nitrogen and oxygen atoms in total. The second-order valence-corrected chi connectivity index (χ2v) is 5.52. The Bertz CT molecular complexity index is 451. The van der Waals surface area contributed by atoms with E-state index in [0.717, 1.165) is 0 Å². The molecular weight excluding hydrogens is 253 g/mol. The van der Waals surface area contributed by atoms with Crippen molar-refractivity contribution in [3.8, 4) is 0 Å². The molecule has 0 bridgehead atoms. The fourth-order valence-corrected chi connectivity index (χ4v) is 3.25. The lowest BCUT2D eigenvalue weighted by molar-refractivity contribution is -0.114. The van der Waals surface area contributed by atoms with Crippen LogP contribution in [0.3, 0.4) is 0 Å².